The molecule has 11 heteroatoms. The highest BCUT2D eigenvalue weighted by Gasteiger charge is 2.32. The van der Waals surface area contributed by atoms with Crippen LogP contribution in [-0.2, 0) is 24.0 Å². The number of amides is 4. The van der Waals surface area contributed by atoms with Crippen LogP contribution in [0.1, 0.15) is 47.5 Å². The fourth-order valence-electron chi connectivity index (χ4n) is 2.46. The Morgan fingerprint density at radius 3 is 1.72 bits per heavy atom. The fourth-order valence-corrected chi connectivity index (χ4v) is 2.46. The minimum Gasteiger partial charge on any atom is -0.480 e. The van der Waals surface area contributed by atoms with Crippen LogP contribution in [-0.4, -0.2) is 58.9 Å². The number of aliphatic carboxylic acids is 1. The summed E-state index contributed by atoms with van der Waals surface area (Å²) in [6.07, 6.45) is -0.366. The summed E-state index contributed by atoms with van der Waals surface area (Å²) in [5.41, 5.74) is 10.5. The summed E-state index contributed by atoms with van der Waals surface area (Å²) in [6.45, 7) is 8.56. The van der Waals surface area contributed by atoms with E-state index in [2.05, 4.69) is 16.0 Å². The Hall–Kier alpha value is -2.69. The molecule has 4 unspecified atom stereocenters. The number of rotatable bonds is 12. The van der Waals surface area contributed by atoms with Crippen molar-refractivity contribution in [3.05, 3.63) is 0 Å². The van der Waals surface area contributed by atoms with Crippen LogP contribution >= 0.6 is 0 Å². The number of hydrogen-bond acceptors (Lipinski definition) is 6. The molecule has 29 heavy (non-hydrogen) atoms. The average molecular weight is 415 g/mol. The van der Waals surface area contributed by atoms with Gasteiger partial charge in [0.1, 0.15) is 18.1 Å². The van der Waals surface area contributed by atoms with E-state index < -0.39 is 60.2 Å². The minimum absolute atomic E-state index is 0.0124. The quantitative estimate of drug-likeness (QED) is 0.222. The lowest BCUT2D eigenvalue weighted by Crippen LogP contribution is -2.58. The van der Waals surface area contributed by atoms with Crippen LogP contribution in [0.4, 0.5) is 0 Å². The summed E-state index contributed by atoms with van der Waals surface area (Å²) in [5.74, 6) is -4.49. The first-order valence-corrected chi connectivity index (χ1v) is 9.44. The van der Waals surface area contributed by atoms with Crippen molar-refractivity contribution in [3.8, 4) is 0 Å². The summed E-state index contributed by atoms with van der Waals surface area (Å²) < 4.78 is 0. The van der Waals surface area contributed by atoms with Gasteiger partial charge in [0.05, 0.1) is 12.5 Å². The van der Waals surface area contributed by atoms with Gasteiger partial charge < -0.3 is 32.5 Å². The average Bonchev–Trinajstić information content (AvgIpc) is 2.56. The molecule has 4 atom stereocenters. The normalized spacial score (nSPS) is 15.2. The Labute approximate surface area is 170 Å². The molecule has 0 aliphatic rings. The van der Waals surface area contributed by atoms with Gasteiger partial charge in [-0.1, -0.05) is 27.7 Å². The first-order valence-electron chi connectivity index (χ1n) is 9.44. The van der Waals surface area contributed by atoms with E-state index in [0.717, 1.165) is 0 Å². The Kier molecular flexibility index (Phi) is 10.9. The topological polar surface area (TPSA) is 194 Å². The Balaban J connectivity index is 5.40. The van der Waals surface area contributed by atoms with Gasteiger partial charge in [0.2, 0.25) is 23.6 Å². The van der Waals surface area contributed by atoms with Crippen LogP contribution in [0.3, 0.4) is 0 Å². The number of nitrogens with one attached hydrogen (secondary N) is 3. The molecule has 0 heterocycles. The highest BCUT2D eigenvalue weighted by Crippen LogP contribution is 2.09. The standard InChI is InChI=1S/C18H33N5O6/c1-8(2)6-11(16(26)22-12(18(28)29)7-13(20)24)21-17(27)14(9(3)4)23-15(25)10(5)19/h8-12,14H,6-7,19H2,1-5H3,(H2,20,24)(H,21,27)(H,22,26)(H,23,25)(H,28,29). The molecule has 0 aromatic rings. The van der Waals surface area contributed by atoms with Gasteiger partial charge in [-0.3, -0.25) is 19.2 Å². The van der Waals surface area contributed by atoms with Gasteiger partial charge >= 0.3 is 5.97 Å². The van der Waals surface area contributed by atoms with Crippen molar-refractivity contribution in [2.75, 3.05) is 0 Å². The van der Waals surface area contributed by atoms with Crippen LogP contribution < -0.4 is 27.4 Å². The number of primary amides is 1. The third kappa shape index (κ3) is 9.88. The molecule has 0 fully saturated rings. The van der Waals surface area contributed by atoms with E-state index in [9.17, 15) is 24.0 Å². The molecule has 166 valence electrons. The fraction of sp³-hybridized carbons (Fsp3) is 0.722. The van der Waals surface area contributed by atoms with Crippen molar-refractivity contribution < 1.29 is 29.1 Å². The maximum atomic E-state index is 12.7. The smallest absolute Gasteiger partial charge is 0.326 e. The third-order valence-electron chi connectivity index (χ3n) is 4.02. The monoisotopic (exact) mass is 415 g/mol. The van der Waals surface area contributed by atoms with E-state index in [4.69, 9.17) is 16.6 Å². The van der Waals surface area contributed by atoms with Gasteiger partial charge in [-0.2, -0.15) is 0 Å². The van der Waals surface area contributed by atoms with Gasteiger partial charge in [-0.05, 0) is 25.2 Å². The molecule has 0 aliphatic heterocycles. The van der Waals surface area contributed by atoms with Gasteiger partial charge in [-0.15, -0.1) is 0 Å². The molecule has 0 bridgehead atoms. The van der Waals surface area contributed by atoms with E-state index in [1.165, 1.54) is 6.92 Å². The number of hydrogen-bond donors (Lipinski definition) is 6. The lowest BCUT2D eigenvalue weighted by Gasteiger charge is -2.27. The molecular formula is C18H33N5O6. The first kappa shape index (κ1) is 26.3. The van der Waals surface area contributed by atoms with Gasteiger partial charge in [0, 0.05) is 0 Å². The molecule has 0 saturated carbocycles. The molecule has 0 aliphatic carbocycles. The molecule has 0 aromatic carbocycles. The van der Waals surface area contributed by atoms with Crippen molar-refractivity contribution >= 4 is 29.6 Å². The van der Waals surface area contributed by atoms with Crippen LogP contribution in [0, 0.1) is 11.8 Å². The predicted octanol–water partition coefficient (Wildman–Crippen LogP) is -1.55. The molecule has 0 spiro atoms. The molecule has 11 nitrogen and oxygen atoms in total. The maximum absolute atomic E-state index is 12.7. The molecule has 4 amide bonds. The number of nitrogens with two attached hydrogens (primary N) is 2. The van der Waals surface area contributed by atoms with E-state index in [1.807, 2.05) is 13.8 Å². The van der Waals surface area contributed by atoms with Crippen molar-refractivity contribution in [2.45, 2.75) is 71.6 Å². The Bertz CT molecular complexity index is 620. The Morgan fingerprint density at radius 1 is 0.828 bits per heavy atom. The summed E-state index contributed by atoms with van der Waals surface area (Å²) in [4.78, 5) is 59.4. The van der Waals surface area contributed by atoms with Crippen molar-refractivity contribution in [1.82, 2.24) is 16.0 Å². The lowest BCUT2D eigenvalue weighted by atomic mass is 9.99. The molecule has 0 saturated heterocycles. The predicted molar refractivity (Wildman–Crippen MR) is 105 cm³/mol. The summed E-state index contributed by atoms with van der Waals surface area (Å²) in [6, 6.07) is -4.32. The number of carboxylic acids is 1. The summed E-state index contributed by atoms with van der Waals surface area (Å²) >= 11 is 0. The Morgan fingerprint density at radius 2 is 1.34 bits per heavy atom. The minimum atomic E-state index is -1.51. The summed E-state index contributed by atoms with van der Waals surface area (Å²) in [5, 5.41) is 16.5. The van der Waals surface area contributed by atoms with Crippen LogP contribution in [0.25, 0.3) is 0 Å². The van der Waals surface area contributed by atoms with Crippen molar-refractivity contribution in [2.24, 2.45) is 23.3 Å². The number of carbonyl (C=O) groups is 5. The second kappa shape index (κ2) is 12.0. The third-order valence-corrected chi connectivity index (χ3v) is 4.02. The van der Waals surface area contributed by atoms with E-state index in [1.54, 1.807) is 13.8 Å². The molecule has 0 rings (SSSR count). The summed E-state index contributed by atoms with van der Waals surface area (Å²) in [7, 11) is 0. The van der Waals surface area contributed by atoms with Crippen molar-refractivity contribution in [3.63, 3.8) is 0 Å². The van der Waals surface area contributed by atoms with Gasteiger partial charge in [-0.25, -0.2) is 4.79 Å². The highest BCUT2D eigenvalue weighted by atomic mass is 16.4. The van der Waals surface area contributed by atoms with Gasteiger partial charge in [0.25, 0.3) is 0 Å². The lowest BCUT2D eigenvalue weighted by molar-refractivity contribution is -0.144. The van der Waals surface area contributed by atoms with Gasteiger partial charge in [0.15, 0.2) is 0 Å². The van der Waals surface area contributed by atoms with Crippen LogP contribution in [0.2, 0.25) is 0 Å². The zero-order chi connectivity index (χ0) is 22.9. The van der Waals surface area contributed by atoms with E-state index in [-0.39, 0.29) is 18.3 Å². The molecule has 8 N–H and O–H groups in total. The highest BCUT2D eigenvalue weighted by molar-refractivity contribution is 5.94. The maximum Gasteiger partial charge on any atom is 0.326 e. The first-order chi connectivity index (χ1) is 13.3. The SMILES string of the molecule is CC(C)CC(NC(=O)C(NC(=O)C(C)N)C(C)C)C(=O)NC(CC(N)=O)C(=O)O. The zero-order valence-corrected chi connectivity index (χ0v) is 17.5. The number of carboxylic acid groups (broad SMARTS) is 1. The van der Waals surface area contributed by atoms with E-state index in [0.29, 0.717) is 0 Å². The zero-order valence-electron chi connectivity index (χ0n) is 17.5. The largest absolute Gasteiger partial charge is 0.480 e. The molecule has 0 aromatic heterocycles. The second-order valence-corrected chi connectivity index (χ2v) is 7.78. The van der Waals surface area contributed by atoms with Crippen molar-refractivity contribution in [1.29, 1.82) is 0 Å². The van der Waals surface area contributed by atoms with Crippen LogP contribution in [0.5, 0.6) is 0 Å². The van der Waals surface area contributed by atoms with Crippen LogP contribution in [0.15, 0.2) is 0 Å². The molecular weight excluding hydrogens is 382 g/mol. The van der Waals surface area contributed by atoms with E-state index >= 15 is 0 Å². The second-order valence-electron chi connectivity index (χ2n) is 7.78. The molecule has 0 radical (unpaired) electrons. The number of carbonyl (C=O) groups excluding carboxylic acids is 4.